The molecular weight excluding hydrogens is 197 g/mol. The van der Waals surface area contributed by atoms with Crippen molar-refractivity contribution < 1.29 is 22.7 Å². The molecule has 1 aromatic rings. The molecule has 0 fully saturated rings. The first-order valence-electron chi connectivity index (χ1n) is 2.91. The molecule has 0 aromatic carbocycles. The van der Waals surface area contributed by atoms with Crippen molar-refractivity contribution in [2.75, 3.05) is 0 Å². The van der Waals surface area contributed by atoms with Crippen molar-refractivity contribution in [3.05, 3.63) is 23.1 Å². The van der Waals surface area contributed by atoms with Gasteiger partial charge in [-0.05, 0) is 23.7 Å². The van der Waals surface area contributed by atoms with Crippen LogP contribution in [0.15, 0.2) is 16.5 Å². The predicted octanol–water partition coefficient (Wildman–Crippen LogP) is 2.53. The zero-order valence-electron chi connectivity index (χ0n) is 5.60. The van der Waals surface area contributed by atoms with E-state index in [1.165, 1.54) is 0 Å². The molecule has 1 unspecified atom stereocenters. The average Bonchev–Trinajstić information content (AvgIpc) is 2.32. The summed E-state index contributed by atoms with van der Waals surface area (Å²) in [6.07, 6.45) is -7.33. The highest BCUT2D eigenvalue weighted by Gasteiger charge is 2.41. The number of alkyl halides is 3. The fraction of sp³-hybridized carbons (Fsp3) is 0.333. The monoisotopic (exact) mass is 200 g/mol. The summed E-state index contributed by atoms with van der Waals surface area (Å²) >= 11 is 5.21. The molecule has 1 atom stereocenters. The summed E-state index contributed by atoms with van der Waals surface area (Å²) in [6.45, 7) is 0. The van der Waals surface area contributed by atoms with Crippen LogP contribution in [0.4, 0.5) is 13.2 Å². The Balaban J connectivity index is 2.85. The smallest absolute Gasteiger partial charge is 0.421 e. The van der Waals surface area contributed by atoms with E-state index in [-0.39, 0.29) is 5.22 Å². The Morgan fingerprint density at radius 3 is 2.33 bits per heavy atom. The first-order chi connectivity index (χ1) is 5.41. The minimum Gasteiger partial charge on any atom is -0.447 e. The topological polar surface area (TPSA) is 33.4 Å². The largest absolute Gasteiger partial charge is 0.447 e. The van der Waals surface area contributed by atoms with Gasteiger partial charge in [-0.1, -0.05) is 0 Å². The molecule has 1 rings (SSSR count). The van der Waals surface area contributed by atoms with Crippen molar-refractivity contribution in [3.63, 3.8) is 0 Å². The second kappa shape index (κ2) is 2.99. The lowest BCUT2D eigenvalue weighted by Crippen LogP contribution is -2.19. The second-order valence-electron chi connectivity index (χ2n) is 2.09. The van der Waals surface area contributed by atoms with Gasteiger partial charge in [0, 0.05) is 0 Å². The van der Waals surface area contributed by atoms with Crippen LogP contribution in [0.2, 0.25) is 5.22 Å². The Labute approximate surface area is 70.5 Å². The van der Waals surface area contributed by atoms with Gasteiger partial charge in [0.25, 0.3) is 0 Å². The molecule has 0 aliphatic heterocycles. The fourth-order valence-electron chi connectivity index (χ4n) is 0.637. The summed E-state index contributed by atoms with van der Waals surface area (Å²) in [5.41, 5.74) is 0. The molecule has 0 aliphatic carbocycles. The maximum absolute atomic E-state index is 11.8. The van der Waals surface area contributed by atoms with Crippen LogP contribution < -0.4 is 0 Å². The third kappa shape index (κ3) is 1.92. The van der Waals surface area contributed by atoms with Crippen molar-refractivity contribution in [1.29, 1.82) is 0 Å². The first-order valence-corrected chi connectivity index (χ1v) is 3.29. The van der Waals surface area contributed by atoms with E-state index in [2.05, 4.69) is 4.42 Å². The molecular formula is C6H4ClF3O2. The predicted molar refractivity (Wildman–Crippen MR) is 34.7 cm³/mol. The lowest BCUT2D eigenvalue weighted by Gasteiger charge is -2.10. The van der Waals surface area contributed by atoms with Crippen LogP contribution in [-0.4, -0.2) is 11.3 Å². The zero-order chi connectivity index (χ0) is 9.35. The summed E-state index contributed by atoms with van der Waals surface area (Å²) in [6, 6.07) is 2.10. The molecule has 0 spiro atoms. The third-order valence-electron chi connectivity index (χ3n) is 1.17. The summed E-state index contributed by atoms with van der Waals surface area (Å²) in [7, 11) is 0. The van der Waals surface area contributed by atoms with Gasteiger partial charge >= 0.3 is 6.18 Å². The van der Waals surface area contributed by atoms with Crippen LogP contribution in [0.3, 0.4) is 0 Å². The fourth-order valence-corrected chi connectivity index (χ4v) is 0.789. The standard InChI is InChI=1S/C6H4ClF3O2/c7-4-2-1-3(12-4)5(11)6(8,9)10/h1-2,5,11H. The Hall–Kier alpha value is -0.680. The number of hydrogen-bond donors (Lipinski definition) is 1. The molecule has 1 N–H and O–H groups in total. The van der Waals surface area contributed by atoms with E-state index < -0.39 is 18.0 Å². The van der Waals surface area contributed by atoms with Gasteiger partial charge in [0.1, 0.15) is 5.76 Å². The van der Waals surface area contributed by atoms with Crippen LogP contribution in [0.5, 0.6) is 0 Å². The molecule has 0 amide bonds. The molecule has 2 nitrogen and oxygen atoms in total. The number of aliphatic hydroxyl groups excluding tert-OH is 1. The van der Waals surface area contributed by atoms with Crippen LogP contribution in [0, 0.1) is 0 Å². The molecule has 1 aromatic heterocycles. The minimum atomic E-state index is -4.72. The van der Waals surface area contributed by atoms with Crippen LogP contribution in [-0.2, 0) is 0 Å². The highest BCUT2D eigenvalue weighted by molar-refractivity contribution is 6.28. The Morgan fingerprint density at radius 1 is 1.42 bits per heavy atom. The molecule has 68 valence electrons. The number of aliphatic hydroxyl groups is 1. The second-order valence-corrected chi connectivity index (χ2v) is 2.46. The quantitative estimate of drug-likeness (QED) is 0.756. The third-order valence-corrected chi connectivity index (χ3v) is 1.38. The molecule has 0 saturated heterocycles. The maximum Gasteiger partial charge on any atom is 0.421 e. The normalized spacial score (nSPS) is 14.8. The maximum atomic E-state index is 11.8. The Kier molecular flexibility index (Phi) is 2.34. The Bertz CT molecular complexity index is 268. The molecule has 0 aliphatic rings. The Morgan fingerprint density at radius 2 is 2.00 bits per heavy atom. The van der Waals surface area contributed by atoms with Gasteiger partial charge in [-0.2, -0.15) is 13.2 Å². The highest BCUT2D eigenvalue weighted by Crippen LogP contribution is 2.33. The highest BCUT2D eigenvalue weighted by atomic mass is 35.5. The van der Waals surface area contributed by atoms with Gasteiger partial charge < -0.3 is 9.52 Å². The van der Waals surface area contributed by atoms with Crippen molar-refractivity contribution >= 4 is 11.6 Å². The van der Waals surface area contributed by atoms with Crippen LogP contribution in [0.25, 0.3) is 0 Å². The number of halogens is 4. The van der Waals surface area contributed by atoms with Crippen molar-refractivity contribution in [3.8, 4) is 0 Å². The van der Waals surface area contributed by atoms with Crippen LogP contribution >= 0.6 is 11.6 Å². The molecule has 12 heavy (non-hydrogen) atoms. The van der Waals surface area contributed by atoms with Gasteiger partial charge in [0.15, 0.2) is 5.22 Å². The lowest BCUT2D eigenvalue weighted by atomic mass is 10.3. The first kappa shape index (κ1) is 9.41. The number of rotatable bonds is 1. The molecule has 6 heteroatoms. The molecule has 1 heterocycles. The molecule has 0 saturated carbocycles. The lowest BCUT2D eigenvalue weighted by molar-refractivity contribution is -0.211. The summed E-state index contributed by atoms with van der Waals surface area (Å²) < 4.78 is 39.7. The van der Waals surface area contributed by atoms with Gasteiger partial charge in [-0.25, -0.2) is 0 Å². The minimum absolute atomic E-state index is 0.187. The number of furan rings is 1. The van der Waals surface area contributed by atoms with Crippen molar-refractivity contribution in [2.45, 2.75) is 12.3 Å². The van der Waals surface area contributed by atoms with E-state index in [1.807, 2.05) is 0 Å². The van der Waals surface area contributed by atoms with E-state index in [0.29, 0.717) is 0 Å². The summed E-state index contributed by atoms with van der Waals surface area (Å²) in [5.74, 6) is -0.604. The molecule has 0 bridgehead atoms. The average molecular weight is 201 g/mol. The van der Waals surface area contributed by atoms with Gasteiger partial charge in [-0.3, -0.25) is 0 Å². The van der Waals surface area contributed by atoms with Crippen LogP contribution in [0.1, 0.15) is 11.9 Å². The van der Waals surface area contributed by atoms with Crippen molar-refractivity contribution in [2.24, 2.45) is 0 Å². The van der Waals surface area contributed by atoms with Crippen molar-refractivity contribution in [1.82, 2.24) is 0 Å². The van der Waals surface area contributed by atoms with E-state index >= 15 is 0 Å². The zero-order valence-corrected chi connectivity index (χ0v) is 6.36. The van der Waals surface area contributed by atoms with Gasteiger partial charge in [0.05, 0.1) is 0 Å². The van der Waals surface area contributed by atoms with E-state index in [1.54, 1.807) is 0 Å². The number of hydrogen-bond acceptors (Lipinski definition) is 2. The van der Waals surface area contributed by atoms with E-state index in [9.17, 15) is 13.2 Å². The molecule has 0 radical (unpaired) electrons. The van der Waals surface area contributed by atoms with E-state index in [4.69, 9.17) is 16.7 Å². The van der Waals surface area contributed by atoms with E-state index in [0.717, 1.165) is 12.1 Å². The summed E-state index contributed by atoms with van der Waals surface area (Å²) in [4.78, 5) is 0. The summed E-state index contributed by atoms with van der Waals surface area (Å²) in [5, 5.41) is 8.41. The SMILES string of the molecule is OC(c1ccc(Cl)o1)C(F)(F)F. The van der Waals surface area contributed by atoms with Gasteiger partial charge in [0.2, 0.25) is 6.10 Å². The van der Waals surface area contributed by atoms with Gasteiger partial charge in [-0.15, -0.1) is 0 Å².